The van der Waals surface area contributed by atoms with Crippen molar-refractivity contribution in [3.05, 3.63) is 17.7 Å². The molecule has 1 aliphatic carbocycles. The topological polar surface area (TPSA) is 54.7 Å². The first kappa shape index (κ1) is 10.5. The van der Waals surface area contributed by atoms with Crippen LogP contribution in [-0.4, -0.2) is 15.9 Å². The van der Waals surface area contributed by atoms with Gasteiger partial charge in [-0.25, -0.2) is 13.8 Å². The summed E-state index contributed by atoms with van der Waals surface area (Å²) >= 11 is 0. The molecule has 0 unspecified atom stereocenters. The van der Waals surface area contributed by atoms with Crippen molar-refractivity contribution in [2.24, 2.45) is 5.73 Å². The Morgan fingerprint density at radius 2 is 1.93 bits per heavy atom. The third-order valence-electron chi connectivity index (χ3n) is 3.18. The summed E-state index contributed by atoms with van der Waals surface area (Å²) < 4.78 is 26.0. The lowest BCUT2D eigenvalue weighted by atomic mass is 9.78. The van der Waals surface area contributed by atoms with E-state index >= 15 is 0 Å². The van der Waals surface area contributed by atoms with Gasteiger partial charge in [0.1, 0.15) is 0 Å². The Labute approximate surface area is 87.1 Å². The van der Waals surface area contributed by atoms with Crippen LogP contribution in [-0.2, 0) is 5.54 Å². The van der Waals surface area contributed by atoms with E-state index in [1.807, 2.05) is 6.92 Å². The van der Waals surface area contributed by atoms with Crippen LogP contribution in [0.3, 0.4) is 0 Å². The highest BCUT2D eigenvalue weighted by molar-refractivity contribution is 5.21. The van der Waals surface area contributed by atoms with Crippen LogP contribution in [0.4, 0.5) is 8.78 Å². The van der Waals surface area contributed by atoms with E-state index in [0.717, 1.165) is 11.4 Å². The van der Waals surface area contributed by atoms with Crippen molar-refractivity contribution in [2.75, 3.05) is 0 Å². The summed E-state index contributed by atoms with van der Waals surface area (Å²) in [4.78, 5) is 7.07. The summed E-state index contributed by atoms with van der Waals surface area (Å²) in [6, 6.07) is 0. The fourth-order valence-corrected chi connectivity index (χ4v) is 2.16. The van der Waals surface area contributed by atoms with Crippen molar-refractivity contribution in [2.45, 2.75) is 44.1 Å². The number of aryl methyl sites for hydroxylation is 1. The van der Waals surface area contributed by atoms with Crippen LogP contribution >= 0.6 is 0 Å². The van der Waals surface area contributed by atoms with E-state index in [4.69, 9.17) is 5.73 Å². The average molecular weight is 215 g/mol. The molecule has 3 nitrogen and oxygen atoms in total. The van der Waals surface area contributed by atoms with Crippen LogP contribution in [0.15, 0.2) is 6.33 Å². The molecule has 1 aromatic heterocycles. The van der Waals surface area contributed by atoms with Gasteiger partial charge in [0, 0.05) is 18.5 Å². The minimum absolute atomic E-state index is 0.143. The third kappa shape index (κ3) is 1.88. The molecule has 5 heteroatoms. The zero-order chi connectivity index (χ0) is 11.1. The maximum Gasteiger partial charge on any atom is 0.248 e. The lowest BCUT2D eigenvalue weighted by molar-refractivity contribution is -0.0519. The molecular weight excluding hydrogens is 200 g/mol. The highest BCUT2D eigenvalue weighted by Crippen LogP contribution is 2.42. The van der Waals surface area contributed by atoms with Crippen LogP contribution in [0.2, 0.25) is 0 Å². The van der Waals surface area contributed by atoms with Gasteiger partial charge in [-0.1, -0.05) is 0 Å². The number of nitrogens with two attached hydrogens (primary N) is 1. The second kappa shape index (κ2) is 3.27. The molecule has 0 bridgehead atoms. The van der Waals surface area contributed by atoms with Crippen LogP contribution < -0.4 is 5.73 Å². The summed E-state index contributed by atoms with van der Waals surface area (Å²) in [7, 11) is 0. The van der Waals surface area contributed by atoms with Crippen LogP contribution in [0.25, 0.3) is 0 Å². The molecule has 1 heterocycles. The molecule has 0 aromatic carbocycles. The Bertz CT molecular complexity index is 349. The molecule has 3 N–H and O–H groups in total. The summed E-state index contributed by atoms with van der Waals surface area (Å²) in [5.74, 6) is -2.55. The van der Waals surface area contributed by atoms with E-state index in [1.54, 1.807) is 6.33 Å². The molecule has 2 rings (SSSR count). The average Bonchev–Trinajstić information content (AvgIpc) is 2.58. The summed E-state index contributed by atoms with van der Waals surface area (Å²) in [6.45, 7) is 1.86. The van der Waals surface area contributed by atoms with E-state index in [2.05, 4.69) is 9.97 Å². The number of alkyl halides is 2. The van der Waals surface area contributed by atoms with E-state index in [1.165, 1.54) is 0 Å². The Morgan fingerprint density at radius 1 is 1.33 bits per heavy atom. The summed E-state index contributed by atoms with van der Waals surface area (Å²) in [5, 5.41) is 0. The van der Waals surface area contributed by atoms with Gasteiger partial charge in [-0.3, -0.25) is 0 Å². The van der Waals surface area contributed by atoms with Crippen molar-refractivity contribution in [3.63, 3.8) is 0 Å². The zero-order valence-corrected chi connectivity index (χ0v) is 8.69. The van der Waals surface area contributed by atoms with Gasteiger partial charge in [-0.2, -0.15) is 0 Å². The zero-order valence-electron chi connectivity index (χ0n) is 8.69. The van der Waals surface area contributed by atoms with Gasteiger partial charge in [-0.15, -0.1) is 0 Å². The molecule has 1 saturated carbocycles. The van der Waals surface area contributed by atoms with Crippen molar-refractivity contribution >= 4 is 0 Å². The molecule has 84 valence electrons. The number of hydrogen-bond donors (Lipinski definition) is 2. The molecule has 0 radical (unpaired) electrons. The lowest BCUT2D eigenvalue weighted by Gasteiger charge is -2.36. The van der Waals surface area contributed by atoms with Gasteiger partial charge in [-0.05, 0) is 19.8 Å². The summed E-state index contributed by atoms with van der Waals surface area (Å²) in [5.41, 5.74) is 7.07. The van der Waals surface area contributed by atoms with Gasteiger partial charge < -0.3 is 10.7 Å². The van der Waals surface area contributed by atoms with Crippen molar-refractivity contribution in [1.29, 1.82) is 0 Å². The number of nitrogens with one attached hydrogen (secondary N) is 1. The van der Waals surface area contributed by atoms with Crippen LogP contribution in [0.1, 0.15) is 37.1 Å². The minimum Gasteiger partial charge on any atom is -0.348 e. The quantitative estimate of drug-likeness (QED) is 0.753. The third-order valence-corrected chi connectivity index (χ3v) is 3.18. The number of hydrogen-bond acceptors (Lipinski definition) is 2. The molecular formula is C10H15F2N3. The molecule has 1 aliphatic rings. The van der Waals surface area contributed by atoms with Gasteiger partial charge in [0.25, 0.3) is 0 Å². The molecule has 0 spiro atoms. The Hall–Kier alpha value is -0.970. The second-order valence-electron chi connectivity index (χ2n) is 4.39. The predicted molar refractivity (Wildman–Crippen MR) is 52.6 cm³/mol. The maximum atomic E-state index is 13.0. The number of aromatic nitrogens is 2. The number of H-pyrrole nitrogens is 1. The Kier molecular flexibility index (Phi) is 2.30. The van der Waals surface area contributed by atoms with E-state index in [0.29, 0.717) is 12.8 Å². The molecule has 1 aromatic rings. The molecule has 0 aliphatic heterocycles. The fourth-order valence-electron chi connectivity index (χ4n) is 2.16. The van der Waals surface area contributed by atoms with Gasteiger partial charge in [0.2, 0.25) is 5.92 Å². The van der Waals surface area contributed by atoms with E-state index in [-0.39, 0.29) is 12.8 Å². The minimum atomic E-state index is -2.55. The predicted octanol–water partition coefficient (Wildman–Crippen LogP) is 2.08. The van der Waals surface area contributed by atoms with Gasteiger partial charge >= 0.3 is 0 Å². The van der Waals surface area contributed by atoms with Crippen molar-refractivity contribution in [3.8, 4) is 0 Å². The number of halogens is 2. The van der Waals surface area contributed by atoms with Crippen molar-refractivity contribution in [1.82, 2.24) is 9.97 Å². The smallest absolute Gasteiger partial charge is 0.248 e. The first-order valence-corrected chi connectivity index (χ1v) is 5.10. The molecule has 1 fully saturated rings. The first-order valence-electron chi connectivity index (χ1n) is 5.10. The van der Waals surface area contributed by atoms with Crippen molar-refractivity contribution < 1.29 is 8.78 Å². The fraction of sp³-hybridized carbons (Fsp3) is 0.700. The summed E-state index contributed by atoms with van der Waals surface area (Å²) in [6.07, 6.45) is 1.87. The maximum absolute atomic E-state index is 13.0. The van der Waals surface area contributed by atoms with Crippen LogP contribution in [0, 0.1) is 6.92 Å². The van der Waals surface area contributed by atoms with E-state index < -0.39 is 11.5 Å². The molecule has 0 amide bonds. The Balaban J connectivity index is 2.20. The second-order valence-corrected chi connectivity index (χ2v) is 4.39. The lowest BCUT2D eigenvalue weighted by Crippen LogP contribution is -2.44. The molecule has 0 saturated heterocycles. The standard InChI is InChI=1S/C10H15F2N3/c1-7-8(15-6-14-7)9(13)2-4-10(11,12)5-3-9/h6H,2-5,13H2,1H3,(H,14,15). The highest BCUT2D eigenvalue weighted by Gasteiger charge is 2.43. The number of nitrogens with zero attached hydrogens (tertiary/aromatic N) is 1. The SMILES string of the molecule is Cc1[nH]cnc1C1(N)CCC(F)(F)CC1. The van der Waals surface area contributed by atoms with Crippen LogP contribution in [0.5, 0.6) is 0 Å². The molecule has 0 atom stereocenters. The highest BCUT2D eigenvalue weighted by atomic mass is 19.3. The Morgan fingerprint density at radius 3 is 2.40 bits per heavy atom. The first-order chi connectivity index (χ1) is 6.93. The number of imidazole rings is 1. The normalized spacial score (nSPS) is 24.0. The largest absolute Gasteiger partial charge is 0.348 e. The number of aromatic amines is 1. The van der Waals surface area contributed by atoms with E-state index in [9.17, 15) is 8.78 Å². The van der Waals surface area contributed by atoms with Gasteiger partial charge in [0.15, 0.2) is 0 Å². The molecule has 15 heavy (non-hydrogen) atoms. The number of rotatable bonds is 1. The monoisotopic (exact) mass is 215 g/mol. The van der Waals surface area contributed by atoms with Gasteiger partial charge in [0.05, 0.1) is 17.6 Å².